The van der Waals surface area contributed by atoms with Crippen LogP contribution < -0.4 is 10.0 Å². The monoisotopic (exact) mass is 332 g/mol. The summed E-state index contributed by atoms with van der Waals surface area (Å²) in [5.74, 6) is 0. The van der Waals surface area contributed by atoms with Gasteiger partial charge in [0.15, 0.2) is 0 Å². The van der Waals surface area contributed by atoms with Crippen LogP contribution in [0.3, 0.4) is 0 Å². The Kier molecular flexibility index (Phi) is 5.08. The summed E-state index contributed by atoms with van der Waals surface area (Å²) in [6.45, 7) is 5.47. The number of aryl methyl sites for hydroxylation is 1. The molecule has 0 atom stereocenters. The van der Waals surface area contributed by atoms with Crippen LogP contribution in [-0.2, 0) is 16.6 Å². The first-order chi connectivity index (χ1) is 9.51. The fourth-order valence-corrected chi connectivity index (χ4v) is 4.64. The van der Waals surface area contributed by atoms with E-state index in [1.165, 1.54) is 22.7 Å². The number of thiophene rings is 1. The van der Waals surface area contributed by atoms with E-state index in [9.17, 15) is 8.42 Å². The number of aromatic nitrogens is 2. The standard InChI is InChI=1S/C11H16N4O2S3/c1-3-6-12-7-9-4-5-10(19-9)20(16,17)15-11-14-13-8(2)18-11/h4-5,12H,3,6-7H2,1-2H3,(H,14,15). The summed E-state index contributed by atoms with van der Waals surface area (Å²) in [5, 5.41) is 11.8. The molecule has 6 nitrogen and oxygen atoms in total. The second-order valence-corrected chi connectivity index (χ2v) is 8.39. The molecular weight excluding hydrogens is 316 g/mol. The van der Waals surface area contributed by atoms with E-state index < -0.39 is 10.0 Å². The van der Waals surface area contributed by atoms with Crippen molar-refractivity contribution >= 4 is 37.8 Å². The van der Waals surface area contributed by atoms with Crippen LogP contribution in [0.4, 0.5) is 5.13 Å². The minimum Gasteiger partial charge on any atom is -0.312 e. The summed E-state index contributed by atoms with van der Waals surface area (Å²) in [4.78, 5) is 0.993. The number of anilines is 1. The Balaban J connectivity index is 2.06. The summed E-state index contributed by atoms with van der Waals surface area (Å²) >= 11 is 2.47. The van der Waals surface area contributed by atoms with Gasteiger partial charge in [0.05, 0.1) is 0 Å². The second-order valence-electron chi connectivity index (χ2n) is 4.13. The molecule has 20 heavy (non-hydrogen) atoms. The third kappa shape index (κ3) is 3.98. The SMILES string of the molecule is CCCNCc1ccc(S(=O)(=O)Nc2nnc(C)s2)s1. The largest absolute Gasteiger partial charge is 0.312 e. The lowest BCUT2D eigenvalue weighted by atomic mass is 10.4. The molecule has 0 aliphatic rings. The van der Waals surface area contributed by atoms with E-state index >= 15 is 0 Å². The van der Waals surface area contributed by atoms with E-state index in [1.807, 2.05) is 6.07 Å². The molecule has 0 saturated carbocycles. The van der Waals surface area contributed by atoms with E-state index in [1.54, 1.807) is 13.0 Å². The topological polar surface area (TPSA) is 84.0 Å². The number of nitrogens with one attached hydrogen (secondary N) is 2. The summed E-state index contributed by atoms with van der Waals surface area (Å²) in [6, 6.07) is 3.44. The molecule has 2 rings (SSSR count). The van der Waals surface area contributed by atoms with Crippen molar-refractivity contribution in [3.8, 4) is 0 Å². The molecular formula is C11H16N4O2S3. The zero-order valence-corrected chi connectivity index (χ0v) is 13.7. The predicted molar refractivity (Wildman–Crippen MR) is 81.8 cm³/mol. The first-order valence-corrected chi connectivity index (χ1v) is 9.25. The van der Waals surface area contributed by atoms with Crippen molar-refractivity contribution in [2.24, 2.45) is 0 Å². The molecule has 2 aromatic rings. The smallest absolute Gasteiger partial charge is 0.273 e. The van der Waals surface area contributed by atoms with Gasteiger partial charge in [-0.15, -0.1) is 21.5 Å². The zero-order valence-electron chi connectivity index (χ0n) is 11.2. The van der Waals surface area contributed by atoms with Gasteiger partial charge in [0.25, 0.3) is 10.0 Å². The molecule has 2 N–H and O–H groups in total. The van der Waals surface area contributed by atoms with Crippen molar-refractivity contribution in [1.29, 1.82) is 0 Å². The van der Waals surface area contributed by atoms with Crippen LogP contribution in [0.2, 0.25) is 0 Å². The zero-order chi connectivity index (χ0) is 14.6. The molecule has 0 spiro atoms. The fraction of sp³-hybridized carbons (Fsp3) is 0.455. The van der Waals surface area contributed by atoms with Crippen molar-refractivity contribution in [3.63, 3.8) is 0 Å². The molecule has 2 aromatic heterocycles. The molecule has 2 heterocycles. The van der Waals surface area contributed by atoms with Gasteiger partial charge >= 0.3 is 0 Å². The Morgan fingerprint density at radius 2 is 2.05 bits per heavy atom. The highest BCUT2D eigenvalue weighted by Crippen LogP contribution is 2.25. The summed E-state index contributed by atoms with van der Waals surface area (Å²) in [6.07, 6.45) is 1.05. The normalized spacial score (nSPS) is 11.7. The van der Waals surface area contributed by atoms with Gasteiger partial charge in [-0.25, -0.2) is 8.42 Å². The van der Waals surface area contributed by atoms with Gasteiger partial charge < -0.3 is 5.32 Å². The molecule has 9 heteroatoms. The lowest BCUT2D eigenvalue weighted by Crippen LogP contribution is -2.13. The van der Waals surface area contributed by atoms with E-state index in [0.717, 1.165) is 22.9 Å². The highest BCUT2D eigenvalue weighted by molar-refractivity contribution is 7.94. The predicted octanol–water partition coefficient (Wildman–Crippen LogP) is 2.21. The third-order valence-corrected chi connectivity index (χ3v) is 6.17. The van der Waals surface area contributed by atoms with Crippen LogP contribution in [0.5, 0.6) is 0 Å². The first kappa shape index (κ1) is 15.4. The summed E-state index contributed by atoms with van der Waals surface area (Å²) in [5.41, 5.74) is 0. The van der Waals surface area contributed by atoms with Crippen molar-refractivity contribution in [1.82, 2.24) is 15.5 Å². The maximum absolute atomic E-state index is 12.2. The molecule has 0 amide bonds. The lowest BCUT2D eigenvalue weighted by Gasteiger charge is -2.01. The second kappa shape index (κ2) is 6.61. The van der Waals surface area contributed by atoms with Crippen molar-refractivity contribution in [2.45, 2.75) is 31.0 Å². The number of sulfonamides is 1. The molecule has 0 bridgehead atoms. The summed E-state index contributed by atoms with van der Waals surface area (Å²) < 4.78 is 27.1. The highest BCUT2D eigenvalue weighted by atomic mass is 32.2. The average Bonchev–Trinajstić information content (AvgIpc) is 2.99. The van der Waals surface area contributed by atoms with Crippen LogP contribution in [0.15, 0.2) is 16.3 Å². The van der Waals surface area contributed by atoms with E-state index in [-0.39, 0.29) is 0 Å². The third-order valence-electron chi connectivity index (χ3n) is 2.38. The van der Waals surface area contributed by atoms with E-state index in [0.29, 0.717) is 15.9 Å². The van der Waals surface area contributed by atoms with Crippen LogP contribution >= 0.6 is 22.7 Å². The molecule has 0 saturated heterocycles. The molecule has 0 unspecified atom stereocenters. The van der Waals surface area contributed by atoms with Crippen molar-refractivity contribution < 1.29 is 8.42 Å². The van der Waals surface area contributed by atoms with Crippen LogP contribution in [0.1, 0.15) is 23.2 Å². The van der Waals surface area contributed by atoms with Crippen molar-refractivity contribution in [2.75, 3.05) is 11.3 Å². The van der Waals surface area contributed by atoms with Crippen LogP contribution in [0, 0.1) is 6.92 Å². The van der Waals surface area contributed by atoms with Gasteiger partial charge in [0.2, 0.25) is 5.13 Å². The number of nitrogens with zero attached hydrogens (tertiary/aromatic N) is 2. The van der Waals surface area contributed by atoms with Gasteiger partial charge in [-0.3, -0.25) is 4.72 Å². The quantitative estimate of drug-likeness (QED) is 0.760. The average molecular weight is 332 g/mol. The Bertz CT molecular complexity index is 663. The maximum atomic E-state index is 12.2. The molecule has 110 valence electrons. The Hall–Kier alpha value is -1.03. The Morgan fingerprint density at radius 3 is 2.70 bits per heavy atom. The van der Waals surface area contributed by atoms with Crippen molar-refractivity contribution in [3.05, 3.63) is 22.0 Å². The van der Waals surface area contributed by atoms with Gasteiger partial charge in [0, 0.05) is 11.4 Å². The van der Waals surface area contributed by atoms with Gasteiger partial charge in [0.1, 0.15) is 9.22 Å². The van der Waals surface area contributed by atoms with Gasteiger partial charge in [-0.2, -0.15) is 0 Å². The molecule has 0 aromatic carbocycles. The number of hydrogen-bond acceptors (Lipinski definition) is 7. The Labute approximate surface area is 126 Å². The van der Waals surface area contributed by atoms with Crippen LogP contribution in [0.25, 0.3) is 0 Å². The molecule has 0 aliphatic carbocycles. The van der Waals surface area contributed by atoms with E-state index in [4.69, 9.17) is 0 Å². The van der Waals surface area contributed by atoms with E-state index in [2.05, 4.69) is 27.2 Å². The highest BCUT2D eigenvalue weighted by Gasteiger charge is 2.18. The lowest BCUT2D eigenvalue weighted by molar-refractivity contribution is 0.603. The van der Waals surface area contributed by atoms with Gasteiger partial charge in [-0.05, 0) is 32.0 Å². The first-order valence-electron chi connectivity index (χ1n) is 6.13. The number of hydrogen-bond donors (Lipinski definition) is 2. The fourth-order valence-electron chi connectivity index (χ4n) is 1.49. The Morgan fingerprint density at radius 1 is 1.25 bits per heavy atom. The molecule has 0 fully saturated rings. The molecule has 0 radical (unpaired) electrons. The molecule has 0 aliphatic heterocycles. The number of rotatable bonds is 7. The van der Waals surface area contributed by atoms with Gasteiger partial charge in [-0.1, -0.05) is 18.3 Å². The minimum absolute atomic E-state index is 0.290. The van der Waals surface area contributed by atoms with Crippen LogP contribution in [-0.4, -0.2) is 25.2 Å². The maximum Gasteiger partial charge on any atom is 0.273 e. The summed E-state index contributed by atoms with van der Waals surface area (Å²) in [7, 11) is -3.56. The minimum atomic E-state index is -3.56.